The fourth-order valence-corrected chi connectivity index (χ4v) is 19.1. The van der Waals surface area contributed by atoms with Gasteiger partial charge in [0.15, 0.2) is 16.1 Å². The van der Waals surface area contributed by atoms with Gasteiger partial charge in [0.1, 0.15) is 34.5 Å². The third kappa shape index (κ3) is 7.15. The van der Waals surface area contributed by atoms with E-state index in [1.165, 1.54) is 63.7 Å². The highest BCUT2D eigenvalue weighted by atomic mass is 28.3. The van der Waals surface area contributed by atoms with E-state index in [0.717, 1.165) is 40.9 Å². The van der Waals surface area contributed by atoms with Gasteiger partial charge in [-0.25, -0.2) is 0 Å². The zero-order valence-electron chi connectivity index (χ0n) is 36.5. The first-order chi connectivity index (χ1) is 30.9. The third-order valence-corrected chi connectivity index (χ3v) is 22.4. The topological polar surface area (TPSA) is 55.4 Å². The van der Waals surface area contributed by atoms with Gasteiger partial charge in [-0.15, -0.1) is 0 Å². The van der Waals surface area contributed by atoms with Crippen LogP contribution in [0.2, 0.25) is 0 Å². The van der Waals surface area contributed by atoms with Gasteiger partial charge in [-0.2, -0.15) is 0 Å². The molecule has 0 N–H and O–H groups in total. The Morgan fingerprint density at radius 2 is 0.444 bits per heavy atom. The monoisotopic (exact) mass is 862 g/mol. The van der Waals surface area contributed by atoms with E-state index in [9.17, 15) is 0 Å². The van der Waals surface area contributed by atoms with Crippen LogP contribution in [0.25, 0.3) is 11.1 Å². The van der Waals surface area contributed by atoms with Crippen LogP contribution < -0.4 is 69.9 Å². The number of fused-ring (bicyclic) bond motifs is 3. The summed E-state index contributed by atoms with van der Waals surface area (Å²) >= 11 is 0. The first-order valence-corrected chi connectivity index (χ1v) is 25.0. The van der Waals surface area contributed by atoms with E-state index in [-0.39, 0.29) is 0 Å². The summed E-state index contributed by atoms with van der Waals surface area (Å²) in [6.07, 6.45) is 0.857. The molecule has 0 heterocycles. The largest absolute Gasteiger partial charge is 0.497 e. The summed E-state index contributed by atoms with van der Waals surface area (Å²) in [7, 11) is 4.30. The van der Waals surface area contributed by atoms with Crippen LogP contribution in [-0.4, -0.2) is 58.8 Å². The smallest absolute Gasteiger partial charge is 0.179 e. The van der Waals surface area contributed by atoms with Crippen LogP contribution in [0.15, 0.2) is 182 Å². The zero-order chi connectivity index (χ0) is 43.6. The minimum atomic E-state index is -3.00. The minimum Gasteiger partial charge on any atom is -0.497 e. The van der Waals surface area contributed by atoms with Crippen LogP contribution in [0.4, 0.5) is 0 Å². The van der Waals surface area contributed by atoms with Crippen molar-refractivity contribution in [2.75, 3.05) is 42.7 Å². The van der Waals surface area contributed by atoms with Crippen LogP contribution in [0.1, 0.15) is 11.1 Å². The first-order valence-electron chi connectivity index (χ1n) is 21.0. The molecule has 0 amide bonds. The van der Waals surface area contributed by atoms with E-state index in [1.807, 2.05) is 0 Å². The van der Waals surface area contributed by atoms with E-state index < -0.39 is 16.1 Å². The van der Waals surface area contributed by atoms with E-state index in [1.54, 1.807) is 42.7 Å². The molecule has 0 spiro atoms. The molecule has 0 radical (unpaired) electrons. The van der Waals surface area contributed by atoms with Crippen molar-refractivity contribution < 1.29 is 28.4 Å². The SMILES string of the molecule is COc1ccc([Si](c2ccc(OC)cc2)(c2ccc(OC)cc2)c2ccc3c(c2)-c2cc([Si](c4ccc(OC)cc4)(c4ccc(OC)cc4)c4ccc(OC)cc4)ccc2C3)cc1. The molecule has 314 valence electrons. The highest BCUT2D eigenvalue weighted by Crippen LogP contribution is 2.36. The second kappa shape index (κ2) is 17.4. The van der Waals surface area contributed by atoms with Gasteiger partial charge in [-0.3, -0.25) is 0 Å². The number of ether oxygens (including phenoxy) is 6. The Bertz CT molecular complexity index is 2410. The highest BCUT2D eigenvalue weighted by Gasteiger charge is 2.44. The fourth-order valence-electron chi connectivity index (χ4n) is 9.68. The molecule has 8 aromatic rings. The predicted octanol–water partition coefficient (Wildman–Crippen LogP) is 6.06. The van der Waals surface area contributed by atoms with Crippen molar-refractivity contribution in [3.63, 3.8) is 0 Å². The summed E-state index contributed by atoms with van der Waals surface area (Å²) in [5, 5.41) is 10.0. The van der Waals surface area contributed by atoms with Crippen molar-refractivity contribution in [1.29, 1.82) is 0 Å². The molecule has 0 unspecified atom stereocenters. The molecule has 9 rings (SSSR count). The van der Waals surface area contributed by atoms with E-state index in [4.69, 9.17) is 28.4 Å². The molecule has 1 aliphatic carbocycles. The van der Waals surface area contributed by atoms with Crippen molar-refractivity contribution >= 4 is 57.6 Å². The van der Waals surface area contributed by atoms with Gasteiger partial charge in [-0.05, 0) is 143 Å². The lowest BCUT2D eigenvalue weighted by Crippen LogP contribution is -2.74. The highest BCUT2D eigenvalue weighted by molar-refractivity contribution is 7.20. The maximum atomic E-state index is 5.70. The van der Waals surface area contributed by atoms with Crippen molar-refractivity contribution in [2.45, 2.75) is 6.42 Å². The Hall–Kier alpha value is -7.01. The summed E-state index contributed by atoms with van der Waals surface area (Å²) in [5.74, 6) is 4.92. The molecule has 0 aliphatic heterocycles. The molecular weight excluding hydrogens is 813 g/mol. The fraction of sp³-hybridized carbons (Fsp3) is 0.127. The molecule has 8 aromatic carbocycles. The van der Waals surface area contributed by atoms with Crippen LogP contribution in [0.5, 0.6) is 34.5 Å². The average Bonchev–Trinajstić information content (AvgIpc) is 3.73. The normalized spacial score (nSPS) is 11.9. The second-order valence-electron chi connectivity index (χ2n) is 15.8. The van der Waals surface area contributed by atoms with Crippen LogP contribution in [0.3, 0.4) is 0 Å². The van der Waals surface area contributed by atoms with Gasteiger partial charge in [-0.1, -0.05) is 109 Å². The van der Waals surface area contributed by atoms with E-state index in [0.29, 0.717) is 0 Å². The lowest BCUT2D eigenvalue weighted by Gasteiger charge is -2.35. The molecule has 63 heavy (non-hydrogen) atoms. The molecule has 0 bridgehead atoms. The number of hydrogen-bond acceptors (Lipinski definition) is 6. The molecule has 0 aromatic heterocycles. The molecule has 0 atom stereocenters. The molecule has 8 heteroatoms. The minimum absolute atomic E-state index is 0.819. The Kier molecular flexibility index (Phi) is 11.4. The summed E-state index contributed by atoms with van der Waals surface area (Å²) in [4.78, 5) is 0. The van der Waals surface area contributed by atoms with Gasteiger partial charge >= 0.3 is 0 Å². The maximum absolute atomic E-state index is 5.70. The Balaban J connectivity index is 1.31. The van der Waals surface area contributed by atoms with Crippen molar-refractivity contribution in [3.8, 4) is 45.6 Å². The standard InChI is InChI=1S/C55H50O6Si2/c1-56-40-9-23-46(24-10-40)62(47-25-11-41(57-2)12-26-47,48-27-13-42(58-3)14-28-48)52-21-7-38-35-39-8-22-53(37-55(39)54(38)36-52)63(49-29-15-43(59-4)16-30-49,50-31-17-44(60-5)18-32-50)51-33-19-45(61-6)20-34-51/h7-34,36-37H,35H2,1-6H3. The summed E-state index contributed by atoms with van der Waals surface area (Å²) in [6, 6.07) is 66.4. The van der Waals surface area contributed by atoms with Crippen LogP contribution in [0, 0.1) is 0 Å². The average molecular weight is 863 g/mol. The molecule has 0 fully saturated rings. The summed E-state index contributed by atoms with van der Waals surface area (Å²) in [6.45, 7) is 0. The van der Waals surface area contributed by atoms with Crippen molar-refractivity contribution in [3.05, 3.63) is 193 Å². The Morgan fingerprint density at radius 3 is 0.635 bits per heavy atom. The Morgan fingerprint density at radius 1 is 0.254 bits per heavy atom. The van der Waals surface area contributed by atoms with Crippen molar-refractivity contribution in [1.82, 2.24) is 0 Å². The van der Waals surface area contributed by atoms with Gasteiger partial charge in [0.25, 0.3) is 0 Å². The van der Waals surface area contributed by atoms with E-state index >= 15 is 0 Å². The molecule has 0 saturated heterocycles. The second-order valence-corrected chi connectivity index (χ2v) is 23.4. The predicted molar refractivity (Wildman–Crippen MR) is 261 cm³/mol. The van der Waals surface area contributed by atoms with Crippen LogP contribution in [-0.2, 0) is 6.42 Å². The lowest BCUT2D eigenvalue weighted by molar-refractivity contribution is 0.414. The molecular formula is C55H50O6Si2. The van der Waals surface area contributed by atoms with Gasteiger partial charge < -0.3 is 28.4 Å². The number of benzene rings is 8. The number of rotatable bonds is 14. The number of hydrogen-bond donors (Lipinski definition) is 0. The number of methoxy groups -OCH3 is 6. The molecule has 0 saturated carbocycles. The zero-order valence-corrected chi connectivity index (χ0v) is 38.5. The van der Waals surface area contributed by atoms with Gasteiger partial charge in [0.05, 0.1) is 42.7 Å². The summed E-state index contributed by atoms with van der Waals surface area (Å²) < 4.78 is 34.2. The van der Waals surface area contributed by atoms with E-state index in [2.05, 4.69) is 182 Å². The molecule has 6 nitrogen and oxygen atoms in total. The first kappa shape index (κ1) is 41.4. The lowest BCUT2D eigenvalue weighted by atomic mass is 10.1. The van der Waals surface area contributed by atoms with Gasteiger partial charge in [0.2, 0.25) is 0 Å². The van der Waals surface area contributed by atoms with Crippen molar-refractivity contribution in [2.24, 2.45) is 0 Å². The molecule has 1 aliphatic rings. The van der Waals surface area contributed by atoms with Gasteiger partial charge in [0, 0.05) is 0 Å². The Labute approximate surface area is 372 Å². The van der Waals surface area contributed by atoms with Crippen LogP contribution >= 0.6 is 0 Å². The maximum Gasteiger partial charge on any atom is 0.179 e. The third-order valence-electron chi connectivity index (χ3n) is 12.9. The quantitative estimate of drug-likeness (QED) is 0.0980. The summed E-state index contributed by atoms with van der Waals surface area (Å²) in [5.41, 5.74) is 5.16.